The van der Waals surface area contributed by atoms with Crippen LogP contribution in [0.2, 0.25) is 0 Å². The van der Waals surface area contributed by atoms with Crippen molar-refractivity contribution in [1.29, 1.82) is 0 Å². The van der Waals surface area contributed by atoms with Crippen molar-refractivity contribution in [3.8, 4) is 33.9 Å². The van der Waals surface area contributed by atoms with E-state index in [1.807, 2.05) is 31.3 Å². The highest BCUT2D eigenvalue weighted by atomic mass is 16.3. The minimum absolute atomic E-state index is 0.286. The molecule has 3 heterocycles. The number of aromatic nitrogens is 4. The molecule has 162 valence electrons. The summed E-state index contributed by atoms with van der Waals surface area (Å²) in [6.07, 6.45) is 0. The van der Waals surface area contributed by atoms with Crippen molar-refractivity contribution in [1.82, 2.24) is 25.1 Å². The van der Waals surface area contributed by atoms with E-state index < -0.39 is 0 Å². The van der Waals surface area contributed by atoms with Crippen molar-refractivity contribution < 1.29 is 0 Å². The molecule has 0 bridgehead atoms. The van der Waals surface area contributed by atoms with Gasteiger partial charge in [-0.25, -0.2) is 4.98 Å². The Labute approximate surface area is 190 Å². The summed E-state index contributed by atoms with van der Waals surface area (Å²) in [5.41, 5.74) is 10.1. The number of hydrogen-bond donors (Lipinski definition) is 2. The molecule has 1 aliphatic heterocycles. The predicted octanol–water partition coefficient (Wildman–Crippen LogP) is 5.61. The van der Waals surface area contributed by atoms with E-state index in [2.05, 4.69) is 63.9 Å². The molecule has 0 atom stereocenters. The summed E-state index contributed by atoms with van der Waals surface area (Å²) in [6, 6.07) is 20.6. The molecule has 0 spiro atoms. The zero-order valence-electron chi connectivity index (χ0n) is 18.4. The summed E-state index contributed by atoms with van der Waals surface area (Å²) in [6.45, 7) is 3.79. The number of benzene rings is 3. The Morgan fingerprint density at radius 1 is 0.939 bits per heavy atom. The van der Waals surface area contributed by atoms with Crippen molar-refractivity contribution >= 4 is 16.7 Å². The Bertz CT molecular complexity index is 1490. The quantitative estimate of drug-likeness (QED) is 0.360. The van der Waals surface area contributed by atoms with Gasteiger partial charge >= 0.3 is 0 Å². The van der Waals surface area contributed by atoms with E-state index in [1.165, 1.54) is 16.7 Å². The van der Waals surface area contributed by atoms with Crippen molar-refractivity contribution in [3.05, 3.63) is 82.3 Å². The summed E-state index contributed by atoms with van der Waals surface area (Å²) in [5, 5.41) is 11.3. The summed E-state index contributed by atoms with van der Waals surface area (Å²) in [4.78, 5) is 20.1. The topological polar surface area (TPSA) is 88.0 Å². The number of nitroso groups, excluding NO2 is 1. The number of H-pyrrole nitrogens is 1. The number of hydrogen-bond acceptors (Lipinski definition) is 5. The van der Waals surface area contributed by atoms with Crippen LogP contribution in [0.1, 0.15) is 16.7 Å². The summed E-state index contributed by atoms with van der Waals surface area (Å²) in [5.74, 6) is 0.592. The predicted molar refractivity (Wildman–Crippen MR) is 130 cm³/mol. The van der Waals surface area contributed by atoms with Crippen molar-refractivity contribution in [2.45, 2.75) is 20.0 Å². The van der Waals surface area contributed by atoms with Crippen LogP contribution < -0.4 is 5.32 Å². The van der Waals surface area contributed by atoms with Crippen LogP contribution in [0.25, 0.3) is 44.9 Å². The second kappa shape index (κ2) is 7.50. The number of rotatable bonds is 4. The maximum atomic E-state index is 12.0. The van der Waals surface area contributed by atoms with Crippen LogP contribution in [0.5, 0.6) is 0 Å². The molecular weight excluding hydrogens is 412 g/mol. The zero-order valence-corrected chi connectivity index (χ0v) is 18.4. The Balaban J connectivity index is 1.42. The average molecular weight is 435 g/mol. The van der Waals surface area contributed by atoms with Crippen LogP contribution in [-0.2, 0) is 20.1 Å². The van der Waals surface area contributed by atoms with Gasteiger partial charge in [-0.2, -0.15) is 5.10 Å². The van der Waals surface area contributed by atoms with Gasteiger partial charge in [0.25, 0.3) is 0 Å². The van der Waals surface area contributed by atoms with E-state index in [9.17, 15) is 4.91 Å². The molecule has 0 aliphatic carbocycles. The van der Waals surface area contributed by atoms with Gasteiger partial charge in [-0.3, -0.25) is 4.68 Å². The molecule has 0 saturated carbocycles. The molecule has 0 amide bonds. The summed E-state index contributed by atoms with van der Waals surface area (Å²) in [7, 11) is 1.81. The zero-order chi connectivity index (χ0) is 22.5. The Hall–Kier alpha value is -4.10. The van der Waals surface area contributed by atoms with Crippen LogP contribution in [-0.4, -0.2) is 19.7 Å². The van der Waals surface area contributed by atoms with Crippen LogP contribution in [0.4, 0.5) is 5.69 Å². The fourth-order valence-electron chi connectivity index (χ4n) is 4.62. The molecule has 7 nitrogen and oxygen atoms in total. The number of nitrogens with one attached hydrogen (secondary N) is 2. The lowest BCUT2D eigenvalue weighted by atomic mass is 10.0. The second-order valence-corrected chi connectivity index (χ2v) is 8.53. The van der Waals surface area contributed by atoms with Crippen LogP contribution in [0.3, 0.4) is 0 Å². The first-order chi connectivity index (χ1) is 16.1. The molecule has 5 aromatic rings. The fourth-order valence-corrected chi connectivity index (χ4v) is 4.62. The number of aryl methyl sites for hydroxylation is 2. The van der Waals surface area contributed by atoms with Gasteiger partial charge < -0.3 is 10.3 Å². The Kier molecular flexibility index (Phi) is 4.45. The van der Waals surface area contributed by atoms with E-state index in [-0.39, 0.29) is 5.69 Å². The largest absolute Gasteiger partial charge is 0.337 e. The first-order valence-corrected chi connectivity index (χ1v) is 10.9. The average Bonchev–Trinajstić information content (AvgIpc) is 3.53. The SMILES string of the molecule is Cc1cccc(-c2ccc(-c3nn(C)c(-c4nc5cc6c(cc5[nH]4)CNC6)c3N=O)cc2)c1. The smallest absolute Gasteiger partial charge is 0.165 e. The molecule has 33 heavy (non-hydrogen) atoms. The van der Waals surface area contributed by atoms with Gasteiger partial charge in [0.1, 0.15) is 11.4 Å². The third-order valence-corrected chi connectivity index (χ3v) is 6.28. The van der Waals surface area contributed by atoms with E-state index >= 15 is 0 Å². The molecule has 2 N–H and O–H groups in total. The summed E-state index contributed by atoms with van der Waals surface area (Å²) < 4.78 is 1.67. The van der Waals surface area contributed by atoms with E-state index in [0.717, 1.165) is 40.8 Å². The minimum atomic E-state index is 0.286. The van der Waals surface area contributed by atoms with E-state index in [4.69, 9.17) is 4.98 Å². The number of fused-ring (bicyclic) bond motifs is 2. The van der Waals surface area contributed by atoms with Gasteiger partial charge in [-0.15, -0.1) is 4.91 Å². The first kappa shape index (κ1) is 19.6. The third kappa shape index (κ3) is 3.25. The second-order valence-electron chi connectivity index (χ2n) is 8.53. The maximum absolute atomic E-state index is 12.0. The van der Waals surface area contributed by atoms with Gasteiger partial charge in [0.05, 0.1) is 11.0 Å². The van der Waals surface area contributed by atoms with Gasteiger partial charge in [-0.1, -0.05) is 54.1 Å². The molecule has 0 radical (unpaired) electrons. The molecule has 2 aromatic heterocycles. The number of nitrogens with zero attached hydrogens (tertiary/aromatic N) is 4. The highest BCUT2D eigenvalue weighted by Crippen LogP contribution is 2.39. The van der Waals surface area contributed by atoms with Crippen molar-refractivity contribution in [3.63, 3.8) is 0 Å². The van der Waals surface area contributed by atoms with E-state index in [1.54, 1.807) is 4.68 Å². The maximum Gasteiger partial charge on any atom is 0.165 e. The Morgan fingerprint density at radius 2 is 1.70 bits per heavy atom. The lowest BCUT2D eigenvalue weighted by Gasteiger charge is -2.04. The lowest BCUT2D eigenvalue weighted by Crippen LogP contribution is -1.99. The third-order valence-electron chi connectivity index (χ3n) is 6.28. The molecule has 1 aliphatic rings. The van der Waals surface area contributed by atoms with E-state index in [0.29, 0.717) is 17.2 Å². The molecule has 7 heteroatoms. The van der Waals surface area contributed by atoms with Gasteiger partial charge in [0, 0.05) is 25.7 Å². The molecular formula is C26H22N6O. The molecule has 6 rings (SSSR count). The first-order valence-electron chi connectivity index (χ1n) is 10.9. The standard InChI is InChI=1S/C26H22N6O/c1-15-4-3-5-18(10-15)16-6-8-17(9-7-16)23-24(31-33)25(32(2)30-23)26-28-21-11-19-13-27-14-20(19)12-22(21)29-26/h3-12,27H,13-14H2,1-2H3,(H,28,29). The molecule has 0 fully saturated rings. The minimum Gasteiger partial charge on any atom is -0.337 e. The monoisotopic (exact) mass is 434 g/mol. The van der Waals surface area contributed by atoms with Crippen LogP contribution >= 0.6 is 0 Å². The highest BCUT2D eigenvalue weighted by Gasteiger charge is 2.23. The Morgan fingerprint density at radius 3 is 2.45 bits per heavy atom. The van der Waals surface area contributed by atoms with Gasteiger partial charge in [0.15, 0.2) is 11.5 Å². The van der Waals surface area contributed by atoms with Crippen LogP contribution in [0, 0.1) is 11.8 Å². The lowest BCUT2D eigenvalue weighted by molar-refractivity contribution is 0.765. The van der Waals surface area contributed by atoms with Gasteiger partial charge in [0.2, 0.25) is 0 Å². The van der Waals surface area contributed by atoms with Gasteiger partial charge in [-0.05, 0) is 46.5 Å². The fraction of sp³-hybridized carbons (Fsp3) is 0.154. The highest BCUT2D eigenvalue weighted by molar-refractivity contribution is 5.87. The number of aromatic amines is 1. The molecule has 0 saturated heterocycles. The molecule has 3 aromatic carbocycles. The normalized spacial score (nSPS) is 12.9. The van der Waals surface area contributed by atoms with Crippen molar-refractivity contribution in [2.75, 3.05) is 0 Å². The van der Waals surface area contributed by atoms with Crippen LogP contribution in [0.15, 0.2) is 65.8 Å². The molecule has 0 unspecified atom stereocenters. The number of imidazole rings is 1. The van der Waals surface area contributed by atoms with Crippen molar-refractivity contribution in [2.24, 2.45) is 12.2 Å². The summed E-state index contributed by atoms with van der Waals surface area (Å²) >= 11 is 0.